The average Bonchev–Trinajstić information content (AvgIpc) is 2.78. The number of nitrogens with one attached hydrogen (secondary N) is 3. The molecule has 1 amide bonds. The molecule has 0 atom stereocenters. The van der Waals surface area contributed by atoms with Gasteiger partial charge in [0.1, 0.15) is 10.8 Å². The highest BCUT2D eigenvalue weighted by Crippen LogP contribution is 2.22. The summed E-state index contributed by atoms with van der Waals surface area (Å²) in [7, 11) is 0. The molecule has 0 fully saturated rings. The van der Waals surface area contributed by atoms with Crippen molar-refractivity contribution in [2.45, 2.75) is 0 Å². The first-order chi connectivity index (χ1) is 7.16. The summed E-state index contributed by atoms with van der Waals surface area (Å²) >= 11 is 11.4. The molecule has 0 aliphatic rings. The molecule has 7 heteroatoms. The number of carbonyl (C=O) groups excluding carboxylic acids is 1. The van der Waals surface area contributed by atoms with Crippen LogP contribution in [0.1, 0.15) is 10.5 Å². The van der Waals surface area contributed by atoms with Gasteiger partial charge in [0.25, 0.3) is 5.91 Å². The summed E-state index contributed by atoms with van der Waals surface area (Å²) in [5.41, 5.74) is 0.869. The van der Waals surface area contributed by atoms with Crippen LogP contribution in [0.15, 0.2) is 18.5 Å². The topological polar surface area (TPSA) is 73.6 Å². The Morgan fingerprint density at radius 3 is 2.80 bits per heavy atom. The van der Waals surface area contributed by atoms with Crippen LogP contribution in [0.5, 0.6) is 0 Å². The predicted octanol–water partition coefficient (Wildman–Crippen LogP) is 2.30. The largest absolute Gasteiger partial charge is 0.340 e. The quantitative estimate of drug-likeness (QED) is 0.759. The van der Waals surface area contributed by atoms with Gasteiger partial charge in [-0.25, -0.2) is 0 Å². The van der Waals surface area contributed by atoms with Gasteiger partial charge in [-0.15, -0.1) is 0 Å². The van der Waals surface area contributed by atoms with Gasteiger partial charge in [0.2, 0.25) is 0 Å². The minimum absolute atomic E-state index is 0.244. The molecular weight excluding hydrogens is 239 g/mol. The number of hydrogen-bond acceptors (Lipinski definition) is 2. The van der Waals surface area contributed by atoms with Crippen LogP contribution in [0.4, 0.5) is 5.69 Å². The van der Waals surface area contributed by atoms with Gasteiger partial charge in [-0.3, -0.25) is 9.89 Å². The van der Waals surface area contributed by atoms with E-state index in [0.29, 0.717) is 16.4 Å². The fourth-order valence-corrected chi connectivity index (χ4v) is 1.36. The van der Waals surface area contributed by atoms with Crippen molar-refractivity contribution in [2.75, 3.05) is 5.32 Å². The summed E-state index contributed by atoms with van der Waals surface area (Å²) in [6.45, 7) is 0. The standard InChI is InChI=1S/C8H6Cl2N4O/c9-5-1-6(14-7(5)10)8(15)13-4-2-11-12-3-4/h1-3,14H,(H,11,12)(H,13,15). The molecule has 0 aliphatic heterocycles. The second-order valence-corrected chi connectivity index (χ2v) is 3.57. The molecule has 5 nitrogen and oxygen atoms in total. The maximum absolute atomic E-state index is 11.6. The monoisotopic (exact) mass is 244 g/mol. The van der Waals surface area contributed by atoms with E-state index in [2.05, 4.69) is 20.5 Å². The lowest BCUT2D eigenvalue weighted by Gasteiger charge is -1.98. The Bertz CT molecular complexity index is 457. The Morgan fingerprint density at radius 2 is 2.27 bits per heavy atom. The van der Waals surface area contributed by atoms with Crippen LogP contribution in [0.25, 0.3) is 0 Å². The van der Waals surface area contributed by atoms with Crippen LogP contribution in [0, 0.1) is 0 Å². The van der Waals surface area contributed by atoms with E-state index in [1.54, 1.807) is 6.20 Å². The van der Waals surface area contributed by atoms with Crippen LogP contribution >= 0.6 is 23.2 Å². The summed E-state index contributed by atoms with van der Waals surface area (Å²) in [6.07, 6.45) is 3.05. The number of aromatic nitrogens is 3. The summed E-state index contributed by atoms with van der Waals surface area (Å²) in [6, 6.07) is 1.46. The number of H-pyrrole nitrogens is 2. The first-order valence-corrected chi connectivity index (χ1v) is 4.76. The molecule has 2 aromatic heterocycles. The van der Waals surface area contributed by atoms with Crippen LogP contribution in [0.3, 0.4) is 0 Å². The molecule has 0 aromatic carbocycles. The summed E-state index contributed by atoms with van der Waals surface area (Å²) in [5, 5.41) is 9.42. The molecule has 78 valence electrons. The normalized spacial score (nSPS) is 10.3. The molecule has 0 aliphatic carbocycles. The highest BCUT2D eigenvalue weighted by atomic mass is 35.5. The van der Waals surface area contributed by atoms with Crippen LogP contribution in [-0.2, 0) is 0 Å². The van der Waals surface area contributed by atoms with Gasteiger partial charge < -0.3 is 10.3 Å². The minimum atomic E-state index is -0.329. The average molecular weight is 245 g/mol. The Labute approximate surface area is 94.8 Å². The molecule has 0 unspecified atom stereocenters. The third kappa shape index (κ3) is 2.14. The van der Waals surface area contributed by atoms with Gasteiger partial charge in [0.15, 0.2) is 0 Å². The lowest BCUT2D eigenvalue weighted by Crippen LogP contribution is -2.11. The third-order valence-corrected chi connectivity index (χ3v) is 2.42. The molecule has 2 rings (SSSR count). The van der Waals surface area contributed by atoms with Crippen molar-refractivity contribution in [1.29, 1.82) is 0 Å². The lowest BCUT2D eigenvalue weighted by molar-refractivity contribution is 0.102. The number of nitrogens with zero attached hydrogens (tertiary/aromatic N) is 1. The van der Waals surface area contributed by atoms with E-state index in [0.717, 1.165) is 0 Å². The van der Waals surface area contributed by atoms with Crippen LogP contribution in [0.2, 0.25) is 10.2 Å². The molecule has 0 spiro atoms. The zero-order chi connectivity index (χ0) is 10.8. The molecule has 2 heterocycles. The smallest absolute Gasteiger partial charge is 0.272 e. The Hall–Kier alpha value is -1.46. The lowest BCUT2D eigenvalue weighted by atomic mass is 10.4. The van der Waals surface area contributed by atoms with E-state index in [-0.39, 0.29) is 11.1 Å². The number of carbonyl (C=O) groups is 1. The number of hydrogen-bond donors (Lipinski definition) is 3. The maximum atomic E-state index is 11.6. The fourth-order valence-electron chi connectivity index (χ4n) is 1.04. The van der Waals surface area contributed by atoms with E-state index >= 15 is 0 Å². The fraction of sp³-hybridized carbons (Fsp3) is 0. The second kappa shape index (κ2) is 3.96. The van der Waals surface area contributed by atoms with Gasteiger partial charge >= 0.3 is 0 Å². The molecule has 0 bridgehead atoms. The summed E-state index contributed by atoms with van der Waals surface area (Å²) < 4.78 is 0. The Balaban J connectivity index is 2.15. The number of halogens is 2. The first-order valence-electron chi connectivity index (χ1n) is 4.01. The SMILES string of the molecule is O=C(Nc1cn[nH]c1)c1cc(Cl)c(Cl)[nH]1. The Kier molecular flexibility index (Phi) is 2.66. The van der Waals surface area contributed by atoms with Gasteiger partial charge in [-0.2, -0.15) is 5.10 Å². The number of amides is 1. The van der Waals surface area contributed by atoms with Crippen molar-refractivity contribution in [3.63, 3.8) is 0 Å². The van der Waals surface area contributed by atoms with Gasteiger partial charge in [-0.05, 0) is 6.07 Å². The highest BCUT2D eigenvalue weighted by molar-refractivity contribution is 6.41. The first kappa shape index (κ1) is 10.1. The predicted molar refractivity (Wildman–Crippen MR) is 57.4 cm³/mol. The highest BCUT2D eigenvalue weighted by Gasteiger charge is 2.11. The van der Waals surface area contributed by atoms with Crippen molar-refractivity contribution in [3.05, 3.63) is 34.3 Å². The van der Waals surface area contributed by atoms with Crippen molar-refractivity contribution in [2.24, 2.45) is 0 Å². The Morgan fingerprint density at radius 1 is 1.47 bits per heavy atom. The molecular formula is C8H6Cl2N4O. The zero-order valence-electron chi connectivity index (χ0n) is 7.34. The number of aromatic amines is 2. The number of rotatable bonds is 2. The molecule has 0 saturated heterocycles. The summed E-state index contributed by atoms with van der Waals surface area (Å²) in [4.78, 5) is 14.2. The molecule has 15 heavy (non-hydrogen) atoms. The molecule has 2 aromatic rings. The van der Waals surface area contributed by atoms with Crippen molar-refractivity contribution < 1.29 is 4.79 Å². The van der Waals surface area contributed by atoms with Crippen molar-refractivity contribution >= 4 is 34.8 Å². The second-order valence-electron chi connectivity index (χ2n) is 2.79. The molecule has 0 saturated carbocycles. The molecule has 0 radical (unpaired) electrons. The van der Waals surface area contributed by atoms with E-state index in [1.807, 2.05) is 0 Å². The number of anilines is 1. The minimum Gasteiger partial charge on any atom is -0.340 e. The van der Waals surface area contributed by atoms with Gasteiger partial charge in [0, 0.05) is 6.20 Å². The van der Waals surface area contributed by atoms with Crippen molar-refractivity contribution in [3.8, 4) is 0 Å². The summed E-state index contributed by atoms with van der Waals surface area (Å²) in [5.74, 6) is -0.329. The van der Waals surface area contributed by atoms with Crippen LogP contribution < -0.4 is 5.32 Å². The molecule has 3 N–H and O–H groups in total. The van der Waals surface area contributed by atoms with E-state index in [1.165, 1.54) is 12.3 Å². The third-order valence-electron chi connectivity index (χ3n) is 1.73. The van der Waals surface area contributed by atoms with E-state index in [4.69, 9.17) is 23.2 Å². The van der Waals surface area contributed by atoms with Gasteiger partial charge in [0.05, 0.1) is 16.9 Å². The van der Waals surface area contributed by atoms with Crippen LogP contribution in [-0.4, -0.2) is 21.1 Å². The van der Waals surface area contributed by atoms with Gasteiger partial charge in [-0.1, -0.05) is 23.2 Å². The zero-order valence-corrected chi connectivity index (χ0v) is 8.86. The van der Waals surface area contributed by atoms with E-state index in [9.17, 15) is 4.79 Å². The van der Waals surface area contributed by atoms with Crippen molar-refractivity contribution in [1.82, 2.24) is 15.2 Å². The maximum Gasteiger partial charge on any atom is 0.272 e. The van der Waals surface area contributed by atoms with E-state index < -0.39 is 0 Å².